The second-order valence-corrected chi connectivity index (χ2v) is 7.04. The Bertz CT molecular complexity index is 1440. The molecule has 35 heavy (non-hydrogen) atoms. The van der Waals surface area contributed by atoms with E-state index in [0.29, 0.717) is 5.56 Å². The number of ether oxygens (including phenoxy) is 1. The van der Waals surface area contributed by atoms with Gasteiger partial charge in [0.05, 0.1) is 12.7 Å². The first-order valence-electron chi connectivity index (χ1n) is 9.84. The molecule has 0 bridgehead atoms. The van der Waals surface area contributed by atoms with Crippen LogP contribution in [-0.2, 0) is 13.6 Å². The zero-order valence-electron chi connectivity index (χ0n) is 17.9. The summed E-state index contributed by atoms with van der Waals surface area (Å²) in [5.74, 6) is -1.60. The fourth-order valence-electron chi connectivity index (χ4n) is 3.06. The van der Waals surface area contributed by atoms with Crippen molar-refractivity contribution in [3.63, 3.8) is 0 Å². The minimum atomic E-state index is -4.93. The molecule has 4 aromatic rings. The highest BCUT2D eigenvalue weighted by Gasteiger charge is 2.32. The maximum absolute atomic E-state index is 12.9. The highest BCUT2D eigenvalue weighted by atomic mass is 19.4. The normalized spacial score (nSPS) is 11.3. The van der Waals surface area contributed by atoms with Crippen LogP contribution >= 0.6 is 0 Å². The molecule has 11 nitrogen and oxygen atoms in total. The van der Waals surface area contributed by atoms with Crippen LogP contribution in [0.15, 0.2) is 58.3 Å². The Morgan fingerprint density at radius 1 is 1.17 bits per heavy atom. The van der Waals surface area contributed by atoms with Crippen molar-refractivity contribution in [3.8, 4) is 28.6 Å². The number of hydrogen-bond donors (Lipinski definition) is 2. The van der Waals surface area contributed by atoms with Crippen molar-refractivity contribution in [2.24, 2.45) is 7.05 Å². The summed E-state index contributed by atoms with van der Waals surface area (Å²) in [6, 6.07) is 5.11. The van der Waals surface area contributed by atoms with Crippen LogP contribution < -0.4 is 21.3 Å². The number of aryl methyl sites for hydroxylation is 1. The molecule has 0 aromatic carbocycles. The van der Waals surface area contributed by atoms with E-state index in [1.165, 1.54) is 54.7 Å². The molecule has 1 amide bonds. The first kappa shape index (κ1) is 23.4. The van der Waals surface area contributed by atoms with E-state index in [9.17, 15) is 22.8 Å². The molecular formula is C21H16F3N7O4. The molecule has 0 saturated heterocycles. The lowest BCUT2D eigenvalue weighted by atomic mass is 10.1. The Morgan fingerprint density at radius 2 is 1.97 bits per heavy atom. The molecule has 0 atom stereocenters. The van der Waals surface area contributed by atoms with Gasteiger partial charge in [-0.05, 0) is 18.2 Å². The maximum atomic E-state index is 12.9. The number of hydrogen-bond acceptors (Lipinski definition) is 9. The van der Waals surface area contributed by atoms with Gasteiger partial charge in [0.25, 0.3) is 5.91 Å². The van der Waals surface area contributed by atoms with Crippen LogP contribution in [0.1, 0.15) is 16.2 Å². The number of aromatic nitrogens is 5. The molecule has 0 fully saturated rings. The number of nitrogens with one attached hydrogen (secondary N) is 1. The van der Waals surface area contributed by atoms with Crippen LogP contribution in [0.25, 0.3) is 22.8 Å². The van der Waals surface area contributed by atoms with Gasteiger partial charge in [-0.2, -0.15) is 0 Å². The van der Waals surface area contributed by atoms with Gasteiger partial charge in [-0.3, -0.25) is 14.6 Å². The van der Waals surface area contributed by atoms with Crippen molar-refractivity contribution < 1.29 is 27.1 Å². The van der Waals surface area contributed by atoms with Crippen LogP contribution in [0.4, 0.5) is 19.0 Å². The minimum absolute atomic E-state index is 0.0717. The van der Waals surface area contributed by atoms with Gasteiger partial charge in [-0.15, -0.1) is 13.2 Å². The SMILES string of the molecule is Cn1cc(-c2nc(C(=O)NCc3ncccc3OC(F)(F)F)c(N)nc2-c2ncco2)ccc1=O. The predicted octanol–water partition coefficient (Wildman–Crippen LogP) is 2.30. The lowest BCUT2D eigenvalue weighted by Crippen LogP contribution is -2.27. The fourth-order valence-corrected chi connectivity index (χ4v) is 3.06. The Labute approximate surface area is 194 Å². The second-order valence-electron chi connectivity index (χ2n) is 7.04. The summed E-state index contributed by atoms with van der Waals surface area (Å²) < 4.78 is 48.5. The van der Waals surface area contributed by atoms with Gasteiger partial charge in [0.1, 0.15) is 17.7 Å². The third-order valence-electron chi connectivity index (χ3n) is 4.62. The molecule has 0 saturated carbocycles. The monoisotopic (exact) mass is 487 g/mol. The molecule has 0 spiro atoms. The van der Waals surface area contributed by atoms with E-state index < -0.39 is 24.6 Å². The van der Waals surface area contributed by atoms with Crippen LogP contribution in [0, 0.1) is 0 Å². The van der Waals surface area contributed by atoms with E-state index >= 15 is 0 Å². The number of pyridine rings is 2. The van der Waals surface area contributed by atoms with Crippen LogP contribution in [0.3, 0.4) is 0 Å². The molecule has 0 aliphatic rings. The predicted molar refractivity (Wildman–Crippen MR) is 115 cm³/mol. The van der Waals surface area contributed by atoms with E-state index in [0.717, 1.165) is 6.07 Å². The van der Waals surface area contributed by atoms with Crippen LogP contribution in [0.2, 0.25) is 0 Å². The van der Waals surface area contributed by atoms with Crippen LogP contribution in [0.5, 0.6) is 5.75 Å². The Hall–Kier alpha value is -4.75. The average molecular weight is 487 g/mol. The second kappa shape index (κ2) is 9.24. The summed E-state index contributed by atoms with van der Waals surface area (Å²) in [4.78, 5) is 41.0. The molecule has 180 valence electrons. The zero-order valence-corrected chi connectivity index (χ0v) is 17.9. The molecule has 14 heteroatoms. The third-order valence-corrected chi connectivity index (χ3v) is 4.62. The quantitative estimate of drug-likeness (QED) is 0.417. The first-order chi connectivity index (χ1) is 16.6. The van der Waals surface area contributed by atoms with Crippen molar-refractivity contribution in [1.29, 1.82) is 0 Å². The fraction of sp³-hybridized carbons (Fsp3) is 0.143. The molecule has 0 radical (unpaired) electrons. The number of amides is 1. The Morgan fingerprint density at radius 3 is 2.66 bits per heavy atom. The summed E-state index contributed by atoms with van der Waals surface area (Å²) in [7, 11) is 1.53. The summed E-state index contributed by atoms with van der Waals surface area (Å²) >= 11 is 0. The van der Waals surface area contributed by atoms with Crippen molar-refractivity contribution in [2.75, 3.05) is 5.73 Å². The van der Waals surface area contributed by atoms with Crippen molar-refractivity contribution >= 4 is 11.7 Å². The maximum Gasteiger partial charge on any atom is 0.573 e. The lowest BCUT2D eigenvalue weighted by molar-refractivity contribution is -0.275. The number of nitrogen functional groups attached to an aromatic ring is 1. The Balaban J connectivity index is 1.68. The van der Waals surface area contributed by atoms with Crippen molar-refractivity contribution in [3.05, 3.63) is 70.9 Å². The number of nitrogens with zero attached hydrogens (tertiary/aromatic N) is 5. The molecule has 0 aliphatic carbocycles. The Kier molecular flexibility index (Phi) is 6.18. The highest BCUT2D eigenvalue weighted by Crippen LogP contribution is 2.30. The molecule has 3 N–H and O–H groups in total. The number of carbonyl (C=O) groups excluding carboxylic acids is 1. The standard InChI is InChI=1S/C21H16F3N7O4/c1-31-10-11(4-5-14(31)32)15-16(20-27-7-8-34-20)30-18(25)17(29-15)19(33)28-9-12-13(3-2-6-26-12)35-21(22,23)24/h2-8,10H,9H2,1H3,(H2,25,30)(H,28,33). The average Bonchev–Trinajstić information content (AvgIpc) is 3.34. The van der Waals surface area contributed by atoms with Gasteiger partial charge in [-0.25, -0.2) is 15.0 Å². The molecule has 0 aliphatic heterocycles. The van der Waals surface area contributed by atoms with E-state index in [1.54, 1.807) is 0 Å². The smallest absolute Gasteiger partial charge is 0.443 e. The van der Waals surface area contributed by atoms with Gasteiger partial charge < -0.3 is 24.8 Å². The summed E-state index contributed by atoms with van der Waals surface area (Å²) in [6.45, 7) is -0.414. The van der Waals surface area contributed by atoms with Gasteiger partial charge in [0.15, 0.2) is 23.0 Å². The molecule has 0 unspecified atom stereocenters. The molecule has 4 aromatic heterocycles. The number of nitrogens with two attached hydrogens (primary N) is 1. The van der Waals surface area contributed by atoms with E-state index in [1.807, 2.05) is 0 Å². The minimum Gasteiger partial charge on any atom is -0.443 e. The number of anilines is 1. The van der Waals surface area contributed by atoms with E-state index in [2.05, 4.69) is 30.0 Å². The lowest BCUT2D eigenvalue weighted by Gasteiger charge is -2.14. The summed E-state index contributed by atoms with van der Waals surface area (Å²) in [5.41, 5.74) is 5.88. The molecular weight excluding hydrogens is 471 g/mol. The largest absolute Gasteiger partial charge is 0.573 e. The van der Waals surface area contributed by atoms with Gasteiger partial charge >= 0.3 is 6.36 Å². The summed E-state index contributed by atoms with van der Waals surface area (Å²) in [6.07, 6.45) is 0.489. The zero-order chi connectivity index (χ0) is 25.2. The van der Waals surface area contributed by atoms with Crippen molar-refractivity contribution in [1.82, 2.24) is 29.8 Å². The number of rotatable bonds is 6. The number of alkyl halides is 3. The van der Waals surface area contributed by atoms with Gasteiger partial charge in [0, 0.05) is 31.1 Å². The van der Waals surface area contributed by atoms with Crippen LogP contribution in [-0.4, -0.2) is 36.8 Å². The number of carbonyl (C=O) groups is 1. The highest BCUT2D eigenvalue weighted by molar-refractivity contribution is 5.97. The van der Waals surface area contributed by atoms with Crippen molar-refractivity contribution in [2.45, 2.75) is 12.9 Å². The number of halogens is 3. The molecule has 4 rings (SSSR count). The third kappa shape index (κ3) is 5.26. The van der Waals surface area contributed by atoms with E-state index in [4.69, 9.17) is 10.2 Å². The number of oxazole rings is 1. The van der Waals surface area contributed by atoms with E-state index in [-0.39, 0.29) is 40.0 Å². The van der Waals surface area contributed by atoms with Gasteiger partial charge in [-0.1, -0.05) is 0 Å². The first-order valence-corrected chi connectivity index (χ1v) is 9.84. The molecule has 4 heterocycles. The topological polar surface area (TPSA) is 151 Å². The van der Waals surface area contributed by atoms with Gasteiger partial charge in [0.2, 0.25) is 11.4 Å². The summed E-state index contributed by atoms with van der Waals surface area (Å²) in [5, 5.41) is 2.41.